The van der Waals surface area contributed by atoms with Gasteiger partial charge >= 0.3 is 0 Å². The number of amides is 1. The van der Waals surface area contributed by atoms with Gasteiger partial charge < -0.3 is 19.7 Å². The maximum atomic E-state index is 12.5. The molecule has 0 aliphatic carbocycles. The lowest BCUT2D eigenvalue weighted by molar-refractivity contribution is -0.119. The molecule has 31 heavy (non-hydrogen) atoms. The van der Waals surface area contributed by atoms with Crippen LogP contribution in [0.1, 0.15) is 19.4 Å². The minimum absolute atomic E-state index is 0.316. The van der Waals surface area contributed by atoms with Crippen molar-refractivity contribution in [2.24, 2.45) is 0 Å². The zero-order valence-electron chi connectivity index (χ0n) is 18.1. The highest BCUT2D eigenvalue weighted by molar-refractivity contribution is 7.92. The number of carbonyl (C=O) groups excluding carboxylic acids is 1. The lowest BCUT2D eigenvalue weighted by atomic mass is 10.2. The summed E-state index contributed by atoms with van der Waals surface area (Å²) in [7, 11) is -3.67. The third-order valence-electron chi connectivity index (χ3n) is 5.06. The first-order valence-corrected chi connectivity index (χ1v) is 12.1. The van der Waals surface area contributed by atoms with Gasteiger partial charge in [-0.1, -0.05) is 12.1 Å². The number of nitrogens with one attached hydrogen (secondary N) is 1. The van der Waals surface area contributed by atoms with Crippen molar-refractivity contribution in [1.82, 2.24) is 5.32 Å². The van der Waals surface area contributed by atoms with Crippen LogP contribution >= 0.6 is 0 Å². The molecule has 1 heterocycles. The summed E-state index contributed by atoms with van der Waals surface area (Å²) in [6.45, 7) is 6.89. The molecule has 2 aromatic carbocycles. The second-order valence-corrected chi connectivity index (χ2v) is 9.12. The number of fused-ring (bicyclic) bond motifs is 1. The summed E-state index contributed by atoms with van der Waals surface area (Å²) in [4.78, 5) is 14.8. The number of benzene rings is 2. The Balaban J connectivity index is 1.65. The van der Waals surface area contributed by atoms with Crippen molar-refractivity contribution in [3.05, 3.63) is 48.0 Å². The van der Waals surface area contributed by atoms with Crippen LogP contribution in [0.25, 0.3) is 0 Å². The normalized spacial score (nSPS) is 12.9. The van der Waals surface area contributed by atoms with Crippen LogP contribution < -0.4 is 24.0 Å². The van der Waals surface area contributed by atoms with Gasteiger partial charge in [-0.25, -0.2) is 8.42 Å². The molecular formula is C22H29N3O5S. The molecule has 0 atom stereocenters. The van der Waals surface area contributed by atoms with Crippen molar-refractivity contribution < 1.29 is 22.7 Å². The summed E-state index contributed by atoms with van der Waals surface area (Å²) in [5.41, 5.74) is 2.42. The third kappa shape index (κ3) is 5.81. The van der Waals surface area contributed by atoms with Gasteiger partial charge in [-0.2, -0.15) is 0 Å². The second kappa shape index (κ2) is 9.91. The Hall–Kier alpha value is -2.94. The van der Waals surface area contributed by atoms with Crippen LogP contribution in [-0.2, 0) is 21.4 Å². The number of ether oxygens (including phenoxy) is 2. The highest BCUT2D eigenvalue weighted by Gasteiger charge is 2.23. The summed E-state index contributed by atoms with van der Waals surface area (Å²) >= 11 is 0. The molecular weight excluding hydrogens is 418 g/mol. The second-order valence-electron chi connectivity index (χ2n) is 7.21. The summed E-state index contributed by atoms with van der Waals surface area (Å²) < 4.78 is 36.7. The largest absolute Gasteiger partial charge is 0.486 e. The number of nitrogens with zero attached hydrogens (tertiary/aromatic N) is 2. The van der Waals surface area contributed by atoms with Crippen LogP contribution in [0.15, 0.2) is 42.5 Å². The van der Waals surface area contributed by atoms with Gasteiger partial charge in [0.2, 0.25) is 15.9 Å². The van der Waals surface area contributed by atoms with Crippen LogP contribution in [0.3, 0.4) is 0 Å². The third-order valence-corrected chi connectivity index (χ3v) is 6.20. The lowest BCUT2D eigenvalue weighted by Crippen LogP contribution is -2.40. The van der Waals surface area contributed by atoms with Gasteiger partial charge in [-0.15, -0.1) is 0 Å². The molecule has 0 spiro atoms. The number of carbonyl (C=O) groups is 1. The molecule has 168 valence electrons. The highest BCUT2D eigenvalue weighted by Crippen LogP contribution is 2.34. The standard InChI is InChI=1S/C22H29N3O5S/c1-4-24(5-2)18-8-6-17(7-9-18)15-23-22(26)16-25(31(3,27)28)19-10-11-20-21(14-19)30-13-12-29-20/h6-11,14H,4-5,12-13,15-16H2,1-3H3,(H,23,26). The summed E-state index contributed by atoms with van der Waals surface area (Å²) in [5.74, 6) is 0.625. The lowest BCUT2D eigenvalue weighted by Gasteiger charge is -2.24. The van der Waals surface area contributed by atoms with E-state index in [4.69, 9.17) is 9.47 Å². The van der Waals surface area contributed by atoms with Crippen molar-refractivity contribution in [2.75, 3.05) is 48.3 Å². The number of hydrogen-bond acceptors (Lipinski definition) is 6. The number of hydrogen-bond donors (Lipinski definition) is 1. The maximum Gasteiger partial charge on any atom is 0.241 e. The molecule has 0 aromatic heterocycles. The Morgan fingerprint density at radius 3 is 2.19 bits per heavy atom. The minimum Gasteiger partial charge on any atom is -0.486 e. The molecule has 0 unspecified atom stereocenters. The van der Waals surface area contributed by atoms with E-state index < -0.39 is 15.9 Å². The smallest absolute Gasteiger partial charge is 0.241 e. The summed E-state index contributed by atoms with van der Waals surface area (Å²) in [6, 6.07) is 12.8. The average Bonchev–Trinajstić information content (AvgIpc) is 2.76. The van der Waals surface area contributed by atoms with E-state index in [9.17, 15) is 13.2 Å². The first-order valence-electron chi connectivity index (χ1n) is 10.3. The SMILES string of the molecule is CCN(CC)c1ccc(CNC(=O)CN(c2ccc3c(c2)OCCO3)S(C)(=O)=O)cc1. The summed E-state index contributed by atoms with van der Waals surface area (Å²) in [5, 5.41) is 2.80. The van der Waals surface area contributed by atoms with Crippen LogP contribution in [0, 0.1) is 0 Å². The zero-order valence-corrected chi connectivity index (χ0v) is 18.9. The van der Waals surface area contributed by atoms with Gasteiger partial charge in [0.1, 0.15) is 19.8 Å². The Bertz CT molecular complexity index is 1000. The first-order chi connectivity index (χ1) is 14.8. The molecule has 1 aliphatic heterocycles. The van der Waals surface area contributed by atoms with Crippen LogP contribution in [0.4, 0.5) is 11.4 Å². The van der Waals surface area contributed by atoms with Crippen LogP contribution in [0.2, 0.25) is 0 Å². The van der Waals surface area contributed by atoms with Crippen molar-refractivity contribution in [3.8, 4) is 11.5 Å². The quantitative estimate of drug-likeness (QED) is 0.635. The van der Waals surface area contributed by atoms with E-state index in [1.54, 1.807) is 18.2 Å². The average molecular weight is 448 g/mol. The van der Waals surface area contributed by atoms with E-state index in [1.807, 2.05) is 24.3 Å². The molecule has 2 aromatic rings. The minimum atomic E-state index is -3.67. The Kier molecular flexibility index (Phi) is 7.27. The van der Waals surface area contributed by atoms with Crippen molar-refractivity contribution >= 4 is 27.3 Å². The molecule has 1 amide bonds. The van der Waals surface area contributed by atoms with Gasteiger partial charge in [0.25, 0.3) is 0 Å². The predicted molar refractivity (Wildman–Crippen MR) is 121 cm³/mol. The topological polar surface area (TPSA) is 88.2 Å². The molecule has 9 heteroatoms. The first kappa shape index (κ1) is 22.7. The molecule has 1 aliphatic rings. The fourth-order valence-electron chi connectivity index (χ4n) is 3.39. The van der Waals surface area contributed by atoms with Crippen molar-refractivity contribution in [3.63, 3.8) is 0 Å². The molecule has 3 rings (SSSR count). The Morgan fingerprint density at radius 2 is 1.58 bits per heavy atom. The Morgan fingerprint density at radius 1 is 0.968 bits per heavy atom. The fourth-order valence-corrected chi connectivity index (χ4v) is 4.24. The van der Waals surface area contributed by atoms with Crippen LogP contribution in [-0.4, -0.2) is 53.4 Å². The van der Waals surface area contributed by atoms with Gasteiger partial charge in [0.15, 0.2) is 11.5 Å². The Labute approximate surface area is 183 Å². The molecule has 0 radical (unpaired) electrons. The molecule has 0 saturated heterocycles. The molecule has 1 N–H and O–H groups in total. The monoisotopic (exact) mass is 447 g/mol. The van der Waals surface area contributed by atoms with Crippen molar-refractivity contribution in [1.29, 1.82) is 0 Å². The molecule has 0 fully saturated rings. The fraction of sp³-hybridized carbons (Fsp3) is 0.409. The summed E-state index contributed by atoms with van der Waals surface area (Å²) in [6.07, 6.45) is 1.07. The predicted octanol–water partition coefficient (Wildman–Crippen LogP) is 2.39. The van der Waals surface area contributed by atoms with E-state index in [0.717, 1.165) is 34.9 Å². The van der Waals surface area contributed by atoms with E-state index in [0.29, 0.717) is 36.9 Å². The van der Waals surface area contributed by atoms with E-state index in [2.05, 4.69) is 24.1 Å². The highest BCUT2D eigenvalue weighted by atomic mass is 32.2. The van der Waals surface area contributed by atoms with Gasteiger partial charge in [-0.3, -0.25) is 9.10 Å². The number of rotatable bonds is 9. The van der Waals surface area contributed by atoms with Gasteiger partial charge in [0, 0.05) is 31.4 Å². The molecule has 8 nitrogen and oxygen atoms in total. The van der Waals surface area contributed by atoms with Gasteiger partial charge in [0.05, 0.1) is 11.9 Å². The van der Waals surface area contributed by atoms with Gasteiger partial charge in [-0.05, 0) is 43.7 Å². The zero-order chi connectivity index (χ0) is 22.4. The molecule has 0 saturated carbocycles. The molecule has 0 bridgehead atoms. The van der Waals surface area contributed by atoms with Crippen molar-refractivity contribution in [2.45, 2.75) is 20.4 Å². The number of anilines is 2. The van der Waals surface area contributed by atoms with Crippen LogP contribution in [0.5, 0.6) is 11.5 Å². The van der Waals surface area contributed by atoms with E-state index in [-0.39, 0.29) is 6.54 Å². The maximum absolute atomic E-state index is 12.5. The van der Waals surface area contributed by atoms with E-state index >= 15 is 0 Å². The van der Waals surface area contributed by atoms with E-state index in [1.165, 1.54) is 0 Å². The number of sulfonamides is 1.